The quantitative estimate of drug-likeness (QED) is 0.477. The molecular formula is C14H8Cl3N3OS. The van der Waals surface area contributed by atoms with Gasteiger partial charge in [-0.3, -0.25) is 5.43 Å². The van der Waals surface area contributed by atoms with Crippen LogP contribution in [0.4, 0.5) is 5.13 Å². The summed E-state index contributed by atoms with van der Waals surface area (Å²) in [4.78, 5) is 4.38. The van der Waals surface area contributed by atoms with Crippen LogP contribution in [0.2, 0.25) is 15.1 Å². The first-order valence-corrected chi connectivity index (χ1v) is 8.02. The largest absolute Gasteiger partial charge is 0.505 e. The Morgan fingerprint density at radius 3 is 2.73 bits per heavy atom. The Labute approximate surface area is 145 Å². The monoisotopic (exact) mass is 371 g/mol. The number of nitrogens with one attached hydrogen (secondary N) is 1. The number of rotatable bonds is 3. The van der Waals surface area contributed by atoms with Crippen molar-refractivity contribution in [1.29, 1.82) is 0 Å². The molecule has 0 radical (unpaired) electrons. The van der Waals surface area contributed by atoms with Crippen LogP contribution in [0.1, 0.15) is 5.56 Å². The third kappa shape index (κ3) is 2.98. The third-order valence-electron chi connectivity index (χ3n) is 2.83. The molecule has 0 saturated heterocycles. The van der Waals surface area contributed by atoms with E-state index in [9.17, 15) is 5.11 Å². The number of hydrazone groups is 1. The average molecular weight is 373 g/mol. The van der Waals surface area contributed by atoms with Crippen molar-refractivity contribution in [2.45, 2.75) is 0 Å². The van der Waals surface area contributed by atoms with Gasteiger partial charge in [0.25, 0.3) is 0 Å². The van der Waals surface area contributed by atoms with E-state index < -0.39 is 0 Å². The molecule has 2 N–H and O–H groups in total. The molecular weight excluding hydrogens is 365 g/mol. The van der Waals surface area contributed by atoms with Crippen molar-refractivity contribution >= 4 is 67.7 Å². The lowest BCUT2D eigenvalue weighted by atomic mass is 10.2. The van der Waals surface area contributed by atoms with Gasteiger partial charge in [-0.2, -0.15) is 5.10 Å². The summed E-state index contributed by atoms with van der Waals surface area (Å²) in [6, 6.07) is 9.18. The molecule has 1 aromatic heterocycles. The van der Waals surface area contributed by atoms with Gasteiger partial charge in [0.2, 0.25) is 5.13 Å². The van der Waals surface area contributed by atoms with Gasteiger partial charge in [0, 0.05) is 5.56 Å². The van der Waals surface area contributed by atoms with Crippen molar-refractivity contribution < 1.29 is 5.11 Å². The molecule has 0 atom stereocenters. The Hall–Kier alpha value is -1.53. The smallest absolute Gasteiger partial charge is 0.204 e. The number of thiazole rings is 1. The van der Waals surface area contributed by atoms with E-state index in [1.165, 1.54) is 23.6 Å². The van der Waals surface area contributed by atoms with Gasteiger partial charge in [0.15, 0.2) is 5.75 Å². The molecule has 2 aromatic carbocycles. The number of phenols is 1. The first kappa shape index (κ1) is 15.4. The number of para-hydroxylation sites is 1. The van der Waals surface area contributed by atoms with Crippen LogP contribution < -0.4 is 5.43 Å². The summed E-state index contributed by atoms with van der Waals surface area (Å²) < 4.78 is 1.06. The van der Waals surface area contributed by atoms with Gasteiger partial charge in [-0.1, -0.05) is 58.3 Å². The topological polar surface area (TPSA) is 57.5 Å². The number of aromatic nitrogens is 1. The summed E-state index contributed by atoms with van der Waals surface area (Å²) in [5.74, 6) is -0.228. The Bertz CT molecular complexity index is 846. The van der Waals surface area contributed by atoms with Crippen LogP contribution in [-0.2, 0) is 0 Å². The SMILES string of the molecule is Oc1c(Cl)cc(Cl)c(C=NNc2nc3ccccc3s2)c1Cl. The number of hydrogen-bond acceptors (Lipinski definition) is 5. The molecule has 0 fully saturated rings. The fourth-order valence-corrected chi connectivity index (χ4v) is 3.46. The number of fused-ring (bicyclic) bond motifs is 1. The first-order valence-electron chi connectivity index (χ1n) is 6.07. The number of benzene rings is 2. The van der Waals surface area contributed by atoms with Gasteiger partial charge in [0.1, 0.15) is 0 Å². The predicted molar refractivity (Wildman–Crippen MR) is 94.0 cm³/mol. The maximum Gasteiger partial charge on any atom is 0.204 e. The third-order valence-corrected chi connectivity index (χ3v) is 4.75. The Morgan fingerprint density at radius 2 is 1.95 bits per heavy atom. The second-order valence-corrected chi connectivity index (χ2v) is 6.50. The average Bonchev–Trinajstić information content (AvgIpc) is 2.91. The molecule has 0 aliphatic carbocycles. The van der Waals surface area contributed by atoms with Gasteiger partial charge in [-0.25, -0.2) is 4.98 Å². The summed E-state index contributed by atoms with van der Waals surface area (Å²) in [6.45, 7) is 0. The van der Waals surface area contributed by atoms with Crippen molar-refractivity contribution in [3.05, 3.63) is 51.0 Å². The molecule has 0 aliphatic heterocycles. The van der Waals surface area contributed by atoms with Gasteiger partial charge < -0.3 is 5.11 Å². The van der Waals surface area contributed by atoms with Gasteiger partial charge in [-0.15, -0.1) is 0 Å². The zero-order valence-electron chi connectivity index (χ0n) is 10.8. The molecule has 0 bridgehead atoms. The lowest BCUT2D eigenvalue weighted by molar-refractivity contribution is 0.476. The number of halogens is 3. The fourth-order valence-electron chi connectivity index (χ4n) is 1.79. The highest BCUT2D eigenvalue weighted by Crippen LogP contribution is 2.38. The number of anilines is 1. The minimum absolute atomic E-state index is 0.0485. The van der Waals surface area contributed by atoms with Crippen molar-refractivity contribution in [1.82, 2.24) is 4.98 Å². The minimum Gasteiger partial charge on any atom is -0.505 e. The molecule has 0 spiro atoms. The zero-order valence-corrected chi connectivity index (χ0v) is 13.9. The van der Waals surface area contributed by atoms with E-state index in [4.69, 9.17) is 34.8 Å². The molecule has 0 aliphatic rings. The molecule has 3 aromatic rings. The van der Waals surface area contributed by atoms with E-state index in [0.29, 0.717) is 15.7 Å². The summed E-state index contributed by atoms with van der Waals surface area (Å²) in [6.07, 6.45) is 1.41. The first-order chi connectivity index (χ1) is 10.6. The molecule has 22 heavy (non-hydrogen) atoms. The lowest BCUT2D eigenvalue weighted by Gasteiger charge is -2.05. The molecule has 0 saturated carbocycles. The van der Waals surface area contributed by atoms with Crippen molar-refractivity contribution in [2.24, 2.45) is 5.10 Å². The fraction of sp³-hybridized carbons (Fsp3) is 0. The minimum atomic E-state index is -0.228. The maximum atomic E-state index is 9.71. The molecule has 1 heterocycles. The second-order valence-electron chi connectivity index (χ2n) is 4.27. The highest BCUT2D eigenvalue weighted by molar-refractivity contribution is 7.22. The van der Waals surface area contributed by atoms with Gasteiger partial charge >= 0.3 is 0 Å². The van der Waals surface area contributed by atoms with Crippen LogP contribution in [0.3, 0.4) is 0 Å². The molecule has 0 unspecified atom stereocenters. The molecule has 3 rings (SSSR count). The predicted octanol–water partition coefficient (Wildman–Crippen LogP) is 5.41. The van der Waals surface area contributed by atoms with E-state index in [0.717, 1.165) is 10.2 Å². The zero-order chi connectivity index (χ0) is 15.7. The van der Waals surface area contributed by atoms with Crippen molar-refractivity contribution in [3.63, 3.8) is 0 Å². The lowest BCUT2D eigenvalue weighted by Crippen LogP contribution is -1.92. The van der Waals surface area contributed by atoms with Crippen LogP contribution in [0.15, 0.2) is 35.4 Å². The van der Waals surface area contributed by atoms with Crippen molar-refractivity contribution in [2.75, 3.05) is 5.43 Å². The Morgan fingerprint density at radius 1 is 1.18 bits per heavy atom. The number of phenolic OH excluding ortho intramolecular Hbond substituents is 1. The maximum absolute atomic E-state index is 9.71. The van der Waals surface area contributed by atoms with Crippen LogP contribution in [0, 0.1) is 0 Å². The van der Waals surface area contributed by atoms with E-state index in [1.807, 2.05) is 24.3 Å². The Kier molecular flexibility index (Phi) is 4.40. The molecule has 0 amide bonds. The summed E-state index contributed by atoms with van der Waals surface area (Å²) >= 11 is 19.3. The second kappa shape index (κ2) is 6.30. The number of aromatic hydroxyl groups is 1. The highest BCUT2D eigenvalue weighted by atomic mass is 35.5. The number of hydrogen-bond donors (Lipinski definition) is 2. The van der Waals surface area contributed by atoms with Crippen LogP contribution in [0.5, 0.6) is 5.75 Å². The highest BCUT2D eigenvalue weighted by Gasteiger charge is 2.13. The Balaban J connectivity index is 1.84. The van der Waals surface area contributed by atoms with E-state index in [1.54, 1.807) is 0 Å². The summed E-state index contributed by atoms with van der Waals surface area (Å²) in [7, 11) is 0. The van der Waals surface area contributed by atoms with Crippen LogP contribution in [0.25, 0.3) is 10.2 Å². The summed E-state index contributed by atoms with van der Waals surface area (Å²) in [5, 5.41) is 14.8. The molecule has 112 valence electrons. The van der Waals surface area contributed by atoms with Crippen LogP contribution in [-0.4, -0.2) is 16.3 Å². The van der Waals surface area contributed by atoms with E-state index >= 15 is 0 Å². The number of nitrogens with zero attached hydrogens (tertiary/aromatic N) is 2. The van der Waals surface area contributed by atoms with E-state index in [2.05, 4.69) is 15.5 Å². The van der Waals surface area contributed by atoms with Crippen molar-refractivity contribution in [3.8, 4) is 5.75 Å². The standard InChI is InChI=1S/C14H8Cl3N3OS/c15-8-5-9(16)13(21)12(17)7(8)6-18-20-14-19-10-3-1-2-4-11(10)22-14/h1-6,21H,(H,19,20). The molecule has 4 nitrogen and oxygen atoms in total. The molecule has 8 heteroatoms. The summed E-state index contributed by atoms with van der Waals surface area (Å²) in [5.41, 5.74) is 4.08. The van der Waals surface area contributed by atoms with Gasteiger partial charge in [-0.05, 0) is 18.2 Å². The van der Waals surface area contributed by atoms with Gasteiger partial charge in [0.05, 0.1) is 31.5 Å². The normalized spacial score (nSPS) is 11.4. The van der Waals surface area contributed by atoms with Crippen LogP contribution >= 0.6 is 46.1 Å². The van der Waals surface area contributed by atoms with E-state index in [-0.39, 0.29) is 15.8 Å².